The van der Waals surface area contributed by atoms with Crippen LogP contribution in [-0.4, -0.2) is 60.0 Å². The molecular weight excluding hydrogens is 210 g/mol. The van der Waals surface area contributed by atoms with Crippen LogP contribution in [-0.2, 0) is 9.53 Å². The maximum Gasteiger partial charge on any atom is 0.222 e. The Morgan fingerprint density at radius 2 is 1.94 bits per heavy atom. The first-order valence-electron chi connectivity index (χ1n) is 5.89. The molecule has 16 heavy (non-hydrogen) atoms. The molecule has 5 heteroatoms. The molecule has 1 aliphatic rings. The summed E-state index contributed by atoms with van der Waals surface area (Å²) in [6.45, 7) is 1.95. The lowest BCUT2D eigenvalue weighted by molar-refractivity contribution is -0.134. The van der Waals surface area contributed by atoms with Crippen LogP contribution in [0.3, 0.4) is 0 Å². The summed E-state index contributed by atoms with van der Waals surface area (Å²) in [5.74, 6) is 0.120. The average Bonchev–Trinajstić information content (AvgIpc) is 2.34. The molecule has 0 spiro atoms. The molecule has 0 aromatic carbocycles. The van der Waals surface area contributed by atoms with E-state index in [0.29, 0.717) is 19.4 Å². The number of carbonyl (C=O) groups excluding carboxylic acids is 1. The molecular formula is C11H21NO4. The number of piperidine rings is 1. The van der Waals surface area contributed by atoms with E-state index in [1.807, 2.05) is 4.90 Å². The van der Waals surface area contributed by atoms with Gasteiger partial charge in [-0.3, -0.25) is 4.79 Å². The highest BCUT2D eigenvalue weighted by atomic mass is 16.5. The minimum Gasteiger partial charge on any atom is -0.396 e. The van der Waals surface area contributed by atoms with Gasteiger partial charge in [-0.1, -0.05) is 0 Å². The fourth-order valence-electron chi connectivity index (χ4n) is 1.88. The van der Waals surface area contributed by atoms with Crippen molar-refractivity contribution < 1.29 is 19.7 Å². The van der Waals surface area contributed by atoms with Crippen LogP contribution < -0.4 is 0 Å². The van der Waals surface area contributed by atoms with Gasteiger partial charge in [-0.2, -0.15) is 0 Å². The molecule has 0 radical (unpaired) electrons. The first kappa shape index (κ1) is 13.4. The smallest absolute Gasteiger partial charge is 0.222 e. The number of likely N-dealkylation sites (tertiary alicyclic amines) is 1. The molecule has 1 heterocycles. The summed E-state index contributed by atoms with van der Waals surface area (Å²) in [5, 5.41) is 17.3. The molecule has 1 rings (SSSR count). The molecule has 1 fully saturated rings. The lowest BCUT2D eigenvalue weighted by Crippen LogP contribution is -2.41. The number of carbonyl (C=O) groups is 1. The fraction of sp³-hybridized carbons (Fsp3) is 0.909. The lowest BCUT2D eigenvalue weighted by Gasteiger charge is -2.31. The summed E-state index contributed by atoms with van der Waals surface area (Å²) in [6, 6.07) is 0. The van der Waals surface area contributed by atoms with Crippen molar-refractivity contribution in [3.63, 3.8) is 0 Å². The largest absolute Gasteiger partial charge is 0.396 e. The van der Waals surface area contributed by atoms with E-state index in [0.717, 1.165) is 25.9 Å². The van der Waals surface area contributed by atoms with Crippen LogP contribution in [0, 0.1) is 0 Å². The summed E-state index contributed by atoms with van der Waals surface area (Å²) in [4.78, 5) is 13.4. The maximum atomic E-state index is 11.6. The van der Waals surface area contributed by atoms with Gasteiger partial charge in [0.05, 0.1) is 19.3 Å². The van der Waals surface area contributed by atoms with E-state index in [2.05, 4.69) is 0 Å². The number of nitrogens with zero attached hydrogens (tertiary/aromatic N) is 1. The van der Waals surface area contributed by atoms with Crippen molar-refractivity contribution in [2.45, 2.75) is 31.8 Å². The summed E-state index contributed by atoms with van der Waals surface area (Å²) in [5.41, 5.74) is 0. The lowest BCUT2D eigenvalue weighted by atomic mass is 10.1. The van der Waals surface area contributed by atoms with Crippen LogP contribution >= 0.6 is 0 Å². The Morgan fingerprint density at radius 3 is 2.50 bits per heavy atom. The minimum atomic E-state index is 0.0512. The quantitative estimate of drug-likeness (QED) is 0.662. The standard InChI is InChI=1S/C11H21NO4/c13-7-1-2-11(15)12-5-3-10(4-6-12)16-9-8-14/h10,13-14H,1-9H2. The van der Waals surface area contributed by atoms with Gasteiger partial charge in [0.15, 0.2) is 0 Å². The third-order valence-electron chi connectivity index (χ3n) is 2.79. The van der Waals surface area contributed by atoms with Gasteiger partial charge in [-0.15, -0.1) is 0 Å². The number of ether oxygens (including phenoxy) is 1. The van der Waals surface area contributed by atoms with Crippen LogP contribution in [0.4, 0.5) is 0 Å². The Bertz CT molecular complexity index is 202. The van der Waals surface area contributed by atoms with Crippen LogP contribution in [0.15, 0.2) is 0 Å². The summed E-state index contributed by atoms with van der Waals surface area (Å²) in [7, 11) is 0. The molecule has 0 aromatic rings. The third kappa shape index (κ3) is 4.47. The summed E-state index contributed by atoms with van der Waals surface area (Å²) < 4.78 is 5.41. The molecule has 5 nitrogen and oxygen atoms in total. The van der Waals surface area contributed by atoms with Gasteiger partial charge in [-0.05, 0) is 19.3 Å². The Kier molecular flexibility index (Phi) is 6.37. The monoisotopic (exact) mass is 231 g/mol. The molecule has 1 aliphatic heterocycles. The van der Waals surface area contributed by atoms with Gasteiger partial charge < -0.3 is 19.8 Å². The number of aliphatic hydroxyl groups is 2. The van der Waals surface area contributed by atoms with E-state index in [-0.39, 0.29) is 25.2 Å². The van der Waals surface area contributed by atoms with Crippen LogP contribution in [0.25, 0.3) is 0 Å². The average molecular weight is 231 g/mol. The van der Waals surface area contributed by atoms with E-state index in [1.54, 1.807) is 0 Å². The summed E-state index contributed by atoms with van der Waals surface area (Å²) >= 11 is 0. The molecule has 1 saturated heterocycles. The second-order valence-electron chi connectivity index (χ2n) is 4.00. The number of rotatable bonds is 6. The number of aliphatic hydroxyl groups excluding tert-OH is 2. The van der Waals surface area contributed by atoms with Crippen molar-refractivity contribution in [1.29, 1.82) is 0 Å². The second kappa shape index (κ2) is 7.60. The molecule has 0 atom stereocenters. The highest BCUT2D eigenvalue weighted by Crippen LogP contribution is 2.14. The third-order valence-corrected chi connectivity index (χ3v) is 2.79. The van der Waals surface area contributed by atoms with Gasteiger partial charge >= 0.3 is 0 Å². The van der Waals surface area contributed by atoms with Gasteiger partial charge in [0.2, 0.25) is 5.91 Å². The molecule has 0 aromatic heterocycles. The molecule has 0 aliphatic carbocycles. The first-order chi connectivity index (χ1) is 7.77. The normalized spacial score (nSPS) is 17.8. The van der Waals surface area contributed by atoms with Crippen LogP contribution in [0.2, 0.25) is 0 Å². The van der Waals surface area contributed by atoms with E-state index in [4.69, 9.17) is 14.9 Å². The Morgan fingerprint density at radius 1 is 1.25 bits per heavy atom. The SMILES string of the molecule is O=C(CCCO)N1CCC(OCCO)CC1. The molecule has 0 bridgehead atoms. The predicted molar refractivity (Wildman–Crippen MR) is 59.0 cm³/mol. The zero-order valence-corrected chi connectivity index (χ0v) is 9.60. The van der Waals surface area contributed by atoms with E-state index in [1.165, 1.54) is 0 Å². The van der Waals surface area contributed by atoms with Crippen LogP contribution in [0.5, 0.6) is 0 Å². The number of amides is 1. The molecule has 94 valence electrons. The van der Waals surface area contributed by atoms with E-state index < -0.39 is 0 Å². The Hall–Kier alpha value is -0.650. The molecule has 0 unspecified atom stereocenters. The van der Waals surface area contributed by atoms with Crippen molar-refractivity contribution in [2.75, 3.05) is 32.9 Å². The van der Waals surface area contributed by atoms with Gasteiger partial charge in [0.1, 0.15) is 0 Å². The number of hydrogen-bond acceptors (Lipinski definition) is 4. The minimum absolute atomic E-state index is 0.0512. The first-order valence-corrected chi connectivity index (χ1v) is 5.89. The predicted octanol–water partition coefficient (Wildman–Crippen LogP) is -0.241. The van der Waals surface area contributed by atoms with Gasteiger partial charge in [0.25, 0.3) is 0 Å². The topological polar surface area (TPSA) is 70.0 Å². The molecule has 2 N–H and O–H groups in total. The molecule has 1 amide bonds. The zero-order chi connectivity index (χ0) is 11.8. The highest BCUT2D eigenvalue weighted by Gasteiger charge is 2.22. The van der Waals surface area contributed by atoms with Crippen molar-refractivity contribution in [1.82, 2.24) is 4.90 Å². The van der Waals surface area contributed by atoms with Gasteiger partial charge in [0, 0.05) is 26.1 Å². The fourth-order valence-corrected chi connectivity index (χ4v) is 1.88. The van der Waals surface area contributed by atoms with E-state index in [9.17, 15) is 4.79 Å². The summed E-state index contributed by atoms with van der Waals surface area (Å²) in [6.07, 6.45) is 2.82. The molecule has 0 saturated carbocycles. The van der Waals surface area contributed by atoms with Crippen molar-refractivity contribution >= 4 is 5.91 Å². The Balaban J connectivity index is 2.18. The second-order valence-corrected chi connectivity index (χ2v) is 4.00. The van der Waals surface area contributed by atoms with Crippen molar-refractivity contribution in [2.24, 2.45) is 0 Å². The number of hydrogen-bond donors (Lipinski definition) is 2. The van der Waals surface area contributed by atoms with Crippen molar-refractivity contribution in [3.05, 3.63) is 0 Å². The zero-order valence-electron chi connectivity index (χ0n) is 9.60. The van der Waals surface area contributed by atoms with Crippen molar-refractivity contribution in [3.8, 4) is 0 Å². The van der Waals surface area contributed by atoms with E-state index >= 15 is 0 Å². The maximum absolute atomic E-state index is 11.6. The van der Waals surface area contributed by atoms with Gasteiger partial charge in [-0.25, -0.2) is 0 Å². The highest BCUT2D eigenvalue weighted by molar-refractivity contribution is 5.76. The Labute approximate surface area is 96.0 Å². The van der Waals surface area contributed by atoms with Crippen LogP contribution in [0.1, 0.15) is 25.7 Å².